The van der Waals surface area contributed by atoms with Crippen LogP contribution in [0.2, 0.25) is 0 Å². The minimum absolute atomic E-state index is 0.728. The molecule has 0 saturated heterocycles. The van der Waals surface area contributed by atoms with Gasteiger partial charge in [0, 0.05) is 39.1 Å². The third-order valence-corrected chi connectivity index (χ3v) is 3.20. The lowest BCUT2D eigenvalue weighted by Crippen LogP contribution is -2.25. The van der Waals surface area contributed by atoms with E-state index in [0.29, 0.717) is 0 Å². The highest BCUT2D eigenvalue weighted by molar-refractivity contribution is 5.45. The van der Waals surface area contributed by atoms with Gasteiger partial charge in [-0.2, -0.15) is 4.98 Å². The maximum Gasteiger partial charge on any atom is 0.226 e. The molecule has 0 aliphatic heterocycles. The van der Waals surface area contributed by atoms with Crippen LogP contribution in [-0.4, -0.2) is 30.6 Å². The van der Waals surface area contributed by atoms with Crippen LogP contribution in [-0.2, 0) is 6.54 Å². The monoisotopic (exact) mass is 285 g/mol. The van der Waals surface area contributed by atoms with E-state index in [0.717, 1.165) is 37.0 Å². The Labute approximate surface area is 126 Å². The van der Waals surface area contributed by atoms with Gasteiger partial charge in [0.25, 0.3) is 0 Å². The van der Waals surface area contributed by atoms with Gasteiger partial charge in [-0.1, -0.05) is 19.1 Å². The van der Waals surface area contributed by atoms with Gasteiger partial charge in [0.1, 0.15) is 5.82 Å². The number of aromatic nitrogens is 2. The quantitative estimate of drug-likeness (QED) is 0.827. The molecule has 21 heavy (non-hydrogen) atoms. The molecule has 112 valence electrons. The van der Waals surface area contributed by atoms with Gasteiger partial charge in [-0.3, -0.25) is 0 Å². The van der Waals surface area contributed by atoms with Crippen LogP contribution in [0.4, 0.5) is 17.5 Å². The highest BCUT2D eigenvalue weighted by Gasteiger charge is 2.10. The normalized spacial score (nSPS) is 10.4. The van der Waals surface area contributed by atoms with Crippen LogP contribution in [0.15, 0.2) is 36.5 Å². The van der Waals surface area contributed by atoms with Gasteiger partial charge in [0.2, 0.25) is 5.95 Å². The zero-order valence-electron chi connectivity index (χ0n) is 13.0. The van der Waals surface area contributed by atoms with Crippen LogP contribution in [0.3, 0.4) is 0 Å². The molecule has 0 unspecified atom stereocenters. The lowest BCUT2D eigenvalue weighted by molar-refractivity contribution is 0.751. The van der Waals surface area contributed by atoms with Crippen molar-refractivity contribution in [2.24, 2.45) is 0 Å². The molecule has 0 aliphatic rings. The Bertz CT molecular complexity index is 565. The average molecular weight is 285 g/mol. The number of nitrogen functional groups attached to an aromatic ring is 1. The van der Waals surface area contributed by atoms with Crippen molar-refractivity contribution >= 4 is 17.5 Å². The van der Waals surface area contributed by atoms with Gasteiger partial charge in [-0.15, -0.1) is 0 Å². The van der Waals surface area contributed by atoms with Crippen LogP contribution in [0.25, 0.3) is 0 Å². The van der Waals surface area contributed by atoms with E-state index in [1.807, 2.05) is 43.4 Å². The molecule has 0 amide bonds. The van der Waals surface area contributed by atoms with Gasteiger partial charge >= 0.3 is 0 Å². The number of hydrogen-bond acceptors (Lipinski definition) is 5. The Kier molecular flexibility index (Phi) is 4.98. The molecular weight excluding hydrogens is 262 g/mol. The highest BCUT2D eigenvalue weighted by atomic mass is 15.3. The predicted octanol–water partition coefficient (Wildman–Crippen LogP) is 2.54. The first-order valence-corrected chi connectivity index (χ1v) is 7.20. The molecule has 1 heterocycles. The molecule has 0 fully saturated rings. The van der Waals surface area contributed by atoms with Crippen LogP contribution in [0.5, 0.6) is 0 Å². The van der Waals surface area contributed by atoms with Crippen molar-refractivity contribution in [3.8, 4) is 0 Å². The summed E-state index contributed by atoms with van der Waals surface area (Å²) in [7, 11) is 3.90. The maximum absolute atomic E-state index is 5.74. The topological polar surface area (TPSA) is 58.3 Å². The van der Waals surface area contributed by atoms with Crippen molar-refractivity contribution in [3.05, 3.63) is 42.1 Å². The van der Waals surface area contributed by atoms with Gasteiger partial charge in [0.05, 0.1) is 0 Å². The number of hydrogen-bond donors (Lipinski definition) is 1. The third-order valence-electron chi connectivity index (χ3n) is 3.20. The van der Waals surface area contributed by atoms with Crippen molar-refractivity contribution in [3.63, 3.8) is 0 Å². The van der Waals surface area contributed by atoms with E-state index >= 15 is 0 Å². The molecule has 2 N–H and O–H groups in total. The van der Waals surface area contributed by atoms with Crippen molar-refractivity contribution < 1.29 is 0 Å². The predicted molar refractivity (Wildman–Crippen MR) is 88.6 cm³/mol. The number of benzene rings is 1. The molecule has 0 aliphatic carbocycles. The summed E-state index contributed by atoms with van der Waals surface area (Å²) in [5.41, 5.74) is 7.75. The first kappa shape index (κ1) is 15.1. The zero-order chi connectivity index (χ0) is 15.2. The van der Waals surface area contributed by atoms with Gasteiger partial charge in [-0.05, 0) is 30.2 Å². The SMILES string of the molecule is CCCN(Cc1ccc(N)cc1)c1ccnc(N(C)C)n1. The Morgan fingerprint density at radius 2 is 1.81 bits per heavy atom. The van der Waals surface area contributed by atoms with Crippen molar-refractivity contribution in [2.75, 3.05) is 36.2 Å². The second-order valence-corrected chi connectivity index (χ2v) is 5.27. The second kappa shape index (κ2) is 6.92. The summed E-state index contributed by atoms with van der Waals surface area (Å²) in [5, 5.41) is 0. The fourth-order valence-electron chi connectivity index (χ4n) is 2.12. The summed E-state index contributed by atoms with van der Waals surface area (Å²) in [5.74, 6) is 1.68. The Hall–Kier alpha value is -2.30. The maximum atomic E-state index is 5.74. The third kappa shape index (κ3) is 4.08. The van der Waals surface area contributed by atoms with E-state index in [2.05, 4.69) is 33.9 Å². The molecule has 2 aromatic rings. The minimum atomic E-state index is 0.728. The van der Waals surface area contributed by atoms with E-state index in [1.54, 1.807) is 0 Å². The average Bonchev–Trinajstić information content (AvgIpc) is 2.49. The molecule has 0 saturated carbocycles. The highest BCUT2D eigenvalue weighted by Crippen LogP contribution is 2.17. The number of rotatable bonds is 6. The van der Waals surface area contributed by atoms with E-state index < -0.39 is 0 Å². The van der Waals surface area contributed by atoms with Crippen LogP contribution in [0, 0.1) is 0 Å². The molecule has 0 radical (unpaired) electrons. The summed E-state index contributed by atoms with van der Waals surface area (Å²) >= 11 is 0. The molecule has 2 rings (SSSR count). The van der Waals surface area contributed by atoms with E-state index in [-0.39, 0.29) is 0 Å². The lowest BCUT2D eigenvalue weighted by Gasteiger charge is -2.24. The smallest absolute Gasteiger partial charge is 0.226 e. The summed E-state index contributed by atoms with van der Waals surface area (Å²) in [4.78, 5) is 13.1. The molecule has 1 aromatic carbocycles. The number of anilines is 3. The first-order valence-electron chi connectivity index (χ1n) is 7.20. The summed E-state index contributed by atoms with van der Waals surface area (Å²) in [6.07, 6.45) is 2.87. The van der Waals surface area contributed by atoms with Crippen LogP contribution >= 0.6 is 0 Å². The van der Waals surface area contributed by atoms with Gasteiger partial charge < -0.3 is 15.5 Å². The van der Waals surface area contributed by atoms with E-state index in [4.69, 9.17) is 5.73 Å². The Balaban J connectivity index is 2.21. The lowest BCUT2D eigenvalue weighted by atomic mass is 10.2. The second-order valence-electron chi connectivity index (χ2n) is 5.27. The number of nitrogens with two attached hydrogens (primary N) is 1. The largest absolute Gasteiger partial charge is 0.399 e. The van der Waals surface area contributed by atoms with Gasteiger partial charge in [0.15, 0.2) is 0 Å². The zero-order valence-corrected chi connectivity index (χ0v) is 13.0. The Morgan fingerprint density at radius 3 is 2.43 bits per heavy atom. The molecular formula is C16H23N5. The fraction of sp³-hybridized carbons (Fsp3) is 0.375. The number of nitrogens with zero attached hydrogens (tertiary/aromatic N) is 4. The van der Waals surface area contributed by atoms with Crippen LogP contribution < -0.4 is 15.5 Å². The minimum Gasteiger partial charge on any atom is -0.399 e. The molecule has 0 atom stereocenters. The summed E-state index contributed by atoms with van der Waals surface area (Å²) in [6, 6.07) is 9.95. The summed E-state index contributed by atoms with van der Waals surface area (Å²) < 4.78 is 0. The fourth-order valence-corrected chi connectivity index (χ4v) is 2.12. The molecule has 0 bridgehead atoms. The van der Waals surface area contributed by atoms with Crippen LogP contribution in [0.1, 0.15) is 18.9 Å². The Morgan fingerprint density at radius 1 is 1.10 bits per heavy atom. The molecule has 0 spiro atoms. The van der Waals surface area contributed by atoms with Crippen molar-refractivity contribution in [2.45, 2.75) is 19.9 Å². The van der Waals surface area contributed by atoms with E-state index in [9.17, 15) is 0 Å². The van der Waals surface area contributed by atoms with Gasteiger partial charge in [-0.25, -0.2) is 4.98 Å². The van der Waals surface area contributed by atoms with Crippen molar-refractivity contribution in [1.29, 1.82) is 0 Å². The van der Waals surface area contributed by atoms with Crippen molar-refractivity contribution in [1.82, 2.24) is 9.97 Å². The van der Waals surface area contributed by atoms with E-state index in [1.165, 1.54) is 5.56 Å². The first-order chi connectivity index (χ1) is 10.1. The molecule has 5 nitrogen and oxygen atoms in total. The summed E-state index contributed by atoms with van der Waals surface area (Å²) in [6.45, 7) is 3.94. The molecule has 5 heteroatoms. The standard InChI is InChI=1S/C16H23N5/c1-4-11-21(12-13-5-7-14(17)8-6-13)15-9-10-18-16(19-15)20(2)3/h5-10H,4,11-12,17H2,1-3H3. The molecule has 1 aromatic heterocycles.